The lowest BCUT2D eigenvalue weighted by Crippen LogP contribution is -2.45. The van der Waals surface area contributed by atoms with Gasteiger partial charge in [-0.1, -0.05) is 12.1 Å². The van der Waals surface area contributed by atoms with E-state index >= 15 is 0 Å². The summed E-state index contributed by atoms with van der Waals surface area (Å²) in [5.74, 6) is 0.118. The number of rotatable bonds is 4. The molecule has 1 aliphatic heterocycles. The summed E-state index contributed by atoms with van der Waals surface area (Å²) < 4.78 is 5.49. The van der Waals surface area contributed by atoms with Gasteiger partial charge in [0, 0.05) is 19.6 Å². The van der Waals surface area contributed by atoms with Gasteiger partial charge in [-0.3, -0.25) is 9.59 Å². The first-order chi connectivity index (χ1) is 10.1. The molecule has 3 N–H and O–H groups in total. The minimum absolute atomic E-state index is 0.185. The summed E-state index contributed by atoms with van der Waals surface area (Å²) in [6, 6.07) is 6.34. The van der Waals surface area contributed by atoms with Gasteiger partial charge >= 0.3 is 0 Å². The Morgan fingerprint density at radius 2 is 2.14 bits per heavy atom. The molecule has 0 bridgehead atoms. The first kappa shape index (κ1) is 15.3. The normalized spacial score (nSPS) is 21.2. The van der Waals surface area contributed by atoms with Crippen LogP contribution in [0.5, 0.6) is 5.75 Å². The minimum Gasteiger partial charge on any atom is -0.493 e. The van der Waals surface area contributed by atoms with E-state index in [-0.39, 0.29) is 17.9 Å². The van der Waals surface area contributed by atoms with Crippen molar-refractivity contribution in [3.05, 3.63) is 29.8 Å². The molecule has 1 heterocycles. The molecular formula is C15H21N3O3. The molecule has 0 radical (unpaired) electrons. The lowest BCUT2D eigenvalue weighted by Gasteiger charge is -2.24. The van der Waals surface area contributed by atoms with E-state index in [0.29, 0.717) is 30.9 Å². The quantitative estimate of drug-likeness (QED) is 0.839. The van der Waals surface area contributed by atoms with Crippen LogP contribution < -0.4 is 15.8 Å². The first-order valence-corrected chi connectivity index (χ1v) is 7.08. The zero-order chi connectivity index (χ0) is 15.4. The highest BCUT2D eigenvalue weighted by Crippen LogP contribution is 2.25. The number of carbonyl (C=O) groups is 2. The molecule has 0 aliphatic carbocycles. The summed E-state index contributed by atoms with van der Waals surface area (Å²) in [5.41, 5.74) is 6.38. The van der Waals surface area contributed by atoms with Crippen LogP contribution in [0.25, 0.3) is 0 Å². The molecule has 0 saturated carbocycles. The number of carbonyl (C=O) groups excluding carboxylic acids is 2. The summed E-state index contributed by atoms with van der Waals surface area (Å²) in [7, 11) is 1.56. The van der Waals surface area contributed by atoms with Crippen LogP contribution in [0.15, 0.2) is 24.3 Å². The van der Waals surface area contributed by atoms with Gasteiger partial charge < -0.3 is 20.7 Å². The van der Waals surface area contributed by atoms with Gasteiger partial charge in [0.05, 0.1) is 12.2 Å². The molecule has 1 aromatic carbocycles. The zero-order valence-electron chi connectivity index (χ0n) is 12.3. The second-order valence-electron chi connectivity index (χ2n) is 5.01. The summed E-state index contributed by atoms with van der Waals surface area (Å²) in [6.07, 6.45) is 0.474. The number of hydrogen-bond donors (Lipinski definition) is 2. The fourth-order valence-electron chi connectivity index (χ4n) is 2.59. The van der Waals surface area contributed by atoms with Crippen molar-refractivity contribution in [3.63, 3.8) is 0 Å². The molecule has 2 rings (SSSR count). The number of likely N-dealkylation sites (tertiary alicyclic amines) is 1. The third-order valence-electron chi connectivity index (χ3n) is 3.56. The summed E-state index contributed by atoms with van der Waals surface area (Å²) in [4.78, 5) is 26.2. The third kappa shape index (κ3) is 3.16. The Morgan fingerprint density at radius 3 is 2.81 bits per heavy atom. The summed E-state index contributed by atoms with van der Waals surface area (Å²) in [6.45, 7) is 2.71. The molecular weight excluding hydrogens is 270 g/mol. The van der Waals surface area contributed by atoms with Gasteiger partial charge in [-0.15, -0.1) is 0 Å². The monoisotopic (exact) mass is 291 g/mol. The highest BCUT2D eigenvalue weighted by Gasteiger charge is 2.38. The van der Waals surface area contributed by atoms with Crippen molar-refractivity contribution in [1.29, 1.82) is 0 Å². The Kier molecular flexibility index (Phi) is 4.80. The van der Waals surface area contributed by atoms with Gasteiger partial charge in [-0.25, -0.2) is 0 Å². The average Bonchev–Trinajstić information content (AvgIpc) is 2.88. The van der Waals surface area contributed by atoms with Crippen LogP contribution >= 0.6 is 0 Å². The Hall–Kier alpha value is -2.08. The Morgan fingerprint density at radius 1 is 1.43 bits per heavy atom. The molecule has 2 atom stereocenters. The number of hydrogen-bond acceptors (Lipinski definition) is 4. The SMILES string of the molecule is CCOc1ccccc1C(=O)N1C[C@@H](N)C[C@H]1C(=O)NC. The number of nitrogens with two attached hydrogens (primary N) is 1. The van der Waals surface area contributed by atoms with E-state index in [2.05, 4.69) is 5.32 Å². The Labute approximate surface area is 124 Å². The average molecular weight is 291 g/mol. The van der Waals surface area contributed by atoms with Crippen LogP contribution in [0.4, 0.5) is 0 Å². The number of benzene rings is 1. The van der Waals surface area contributed by atoms with Crippen molar-refractivity contribution in [2.24, 2.45) is 5.73 Å². The van der Waals surface area contributed by atoms with E-state index in [0.717, 1.165) is 0 Å². The molecule has 1 saturated heterocycles. The second kappa shape index (κ2) is 6.58. The number of likely N-dealkylation sites (N-methyl/N-ethyl adjacent to an activating group) is 1. The molecule has 6 nitrogen and oxygen atoms in total. The zero-order valence-corrected chi connectivity index (χ0v) is 12.3. The molecule has 6 heteroatoms. The second-order valence-corrected chi connectivity index (χ2v) is 5.01. The van der Waals surface area contributed by atoms with E-state index in [1.165, 1.54) is 4.90 Å². The molecule has 0 unspecified atom stereocenters. The van der Waals surface area contributed by atoms with Crippen LogP contribution in [0.2, 0.25) is 0 Å². The smallest absolute Gasteiger partial charge is 0.258 e. The van der Waals surface area contributed by atoms with E-state index in [1.54, 1.807) is 25.2 Å². The van der Waals surface area contributed by atoms with Crippen molar-refractivity contribution in [3.8, 4) is 5.75 Å². The van der Waals surface area contributed by atoms with Crippen molar-refractivity contribution >= 4 is 11.8 Å². The standard InChI is InChI=1S/C15H21N3O3/c1-3-21-13-7-5-4-6-11(13)15(20)18-9-10(16)8-12(18)14(19)17-2/h4-7,10,12H,3,8-9,16H2,1-2H3,(H,17,19)/t10-,12-/m0/s1. The van der Waals surface area contributed by atoms with Crippen molar-refractivity contribution in [1.82, 2.24) is 10.2 Å². The van der Waals surface area contributed by atoms with Gasteiger partial charge in [-0.05, 0) is 25.5 Å². The van der Waals surface area contributed by atoms with Gasteiger partial charge in [-0.2, -0.15) is 0 Å². The van der Waals surface area contributed by atoms with Crippen LogP contribution in [-0.4, -0.2) is 49.0 Å². The number of para-hydroxylation sites is 1. The molecule has 1 aliphatic rings. The van der Waals surface area contributed by atoms with E-state index in [9.17, 15) is 9.59 Å². The Bertz CT molecular complexity index is 533. The molecule has 21 heavy (non-hydrogen) atoms. The number of ether oxygens (including phenoxy) is 1. The largest absolute Gasteiger partial charge is 0.493 e. The molecule has 114 valence electrons. The van der Waals surface area contributed by atoms with Crippen molar-refractivity contribution in [2.45, 2.75) is 25.4 Å². The van der Waals surface area contributed by atoms with Crippen molar-refractivity contribution in [2.75, 3.05) is 20.2 Å². The van der Waals surface area contributed by atoms with Gasteiger partial charge in [0.2, 0.25) is 5.91 Å². The molecule has 2 amide bonds. The van der Waals surface area contributed by atoms with Crippen LogP contribution in [-0.2, 0) is 4.79 Å². The highest BCUT2D eigenvalue weighted by molar-refractivity contribution is 6.00. The number of nitrogens with one attached hydrogen (secondary N) is 1. The van der Waals surface area contributed by atoms with E-state index in [4.69, 9.17) is 10.5 Å². The topological polar surface area (TPSA) is 84.7 Å². The fourth-order valence-corrected chi connectivity index (χ4v) is 2.59. The lowest BCUT2D eigenvalue weighted by molar-refractivity contribution is -0.124. The van der Waals surface area contributed by atoms with Crippen LogP contribution in [0.3, 0.4) is 0 Å². The highest BCUT2D eigenvalue weighted by atomic mass is 16.5. The maximum atomic E-state index is 12.7. The first-order valence-electron chi connectivity index (χ1n) is 7.08. The molecule has 1 aromatic rings. The van der Waals surface area contributed by atoms with Gasteiger partial charge in [0.25, 0.3) is 5.91 Å². The predicted molar refractivity (Wildman–Crippen MR) is 79.1 cm³/mol. The molecule has 0 spiro atoms. The molecule has 0 aromatic heterocycles. The number of amides is 2. The lowest BCUT2D eigenvalue weighted by atomic mass is 10.1. The summed E-state index contributed by atoms with van der Waals surface area (Å²) >= 11 is 0. The fraction of sp³-hybridized carbons (Fsp3) is 0.467. The summed E-state index contributed by atoms with van der Waals surface area (Å²) in [5, 5.41) is 2.58. The minimum atomic E-state index is -0.521. The van der Waals surface area contributed by atoms with Crippen LogP contribution in [0, 0.1) is 0 Å². The number of nitrogens with zero attached hydrogens (tertiary/aromatic N) is 1. The maximum Gasteiger partial charge on any atom is 0.258 e. The predicted octanol–water partition coefficient (Wildman–Crippen LogP) is 0.373. The van der Waals surface area contributed by atoms with Gasteiger partial charge in [0.15, 0.2) is 0 Å². The van der Waals surface area contributed by atoms with Crippen molar-refractivity contribution < 1.29 is 14.3 Å². The maximum absolute atomic E-state index is 12.7. The van der Waals surface area contributed by atoms with Crippen LogP contribution in [0.1, 0.15) is 23.7 Å². The molecule has 1 fully saturated rings. The van der Waals surface area contributed by atoms with Gasteiger partial charge in [0.1, 0.15) is 11.8 Å². The van der Waals surface area contributed by atoms with E-state index < -0.39 is 6.04 Å². The third-order valence-corrected chi connectivity index (χ3v) is 3.56. The Balaban J connectivity index is 2.28. The van der Waals surface area contributed by atoms with E-state index in [1.807, 2.05) is 13.0 Å².